The third kappa shape index (κ3) is 4.22. The van der Waals surface area contributed by atoms with Crippen LogP contribution in [0.15, 0.2) is 36.7 Å². The average molecular weight is 481 g/mol. The van der Waals surface area contributed by atoms with Crippen molar-refractivity contribution in [3.63, 3.8) is 0 Å². The molecule has 0 saturated carbocycles. The Kier molecular flexibility index (Phi) is 5.83. The molecule has 34 heavy (non-hydrogen) atoms. The van der Waals surface area contributed by atoms with Crippen LogP contribution in [0.4, 0.5) is 22.0 Å². The summed E-state index contributed by atoms with van der Waals surface area (Å²) in [6.07, 6.45) is -1.94. The van der Waals surface area contributed by atoms with Crippen molar-refractivity contribution in [1.29, 1.82) is 0 Å². The number of rotatable bonds is 4. The monoisotopic (exact) mass is 481 g/mol. The number of hydrogen-bond acceptors (Lipinski definition) is 2. The molecule has 3 aromatic rings. The fourth-order valence-corrected chi connectivity index (χ4v) is 4.29. The lowest BCUT2D eigenvalue weighted by atomic mass is 9.82. The second kappa shape index (κ2) is 8.26. The number of carbonyl (C=O) groups excluding carboxylic acids is 1. The van der Waals surface area contributed by atoms with Crippen LogP contribution in [0.3, 0.4) is 0 Å². The molecule has 4 rings (SSSR count). The predicted octanol–water partition coefficient (Wildman–Crippen LogP) is 5.76. The lowest BCUT2D eigenvalue weighted by molar-refractivity contribution is -0.136. The Hall–Kier alpha value is -3.14. The first kappa shape index (κ1) is 24.0. The van der Waals surface area contributed by atoms with Gasteiger partial charge >= 0.3 is 6.18 Å². The lowest BCUT2D eigenvalue weighted by Gasteiger charge is -2.29. The maximum Gasteiger partial charge on any atom is 0.418 e. The summed E-state index contributed by atoms with van der Waals surface area (Å²) in [4.78, 5) is 14.6. The number of halogens is 5. The number of aromatic amines is 1. The van der Waals surface area contributed by atoms with Gasteiger partial charge in [-0.1, -0.05) is 13.8 Å². The van der Waals surface area contributed by atoms with Crippen LogP contribution in [-0.2, 0) is 16.3 Å². The van der Waals surface area contributed by atoms with Crippen LogP contribution in [-0.4, -0.2) is 39.7 Å². The number of H-pyrrole nitrogens is 1. The summed E-state index contributed by atoms with van der Waals surface area (Å²) in [7, 11) is 0. The SMILES string of the molecule is CC(C)OCC1=CN(C(=O)c2ccc(F)c(F)c2)CC(C)(C)c2c1[nH]n1ccc(C(F)(F)F)c21. The average Bonchev–Trinajstić information content (AvgIpc) is 3.27. The maximum atomic E-state index is 13.8. The van der Waals surface area contributed by atoms with Crippen LogP contribution in [0, 0.1) is 11.6 Å². The van der Waals surface area contributed by atoms with E-state index in [1.54, 1.807) is 13.8 Å². The van der Waals surface area contributed by atoms with Gasteiger partial charge in [-0.2, -0.15) is 13.2 Å². The van der Waals surface area contributed by atoms with Gasteiger partial charge in [0.25, 0.3) is 5.91 Å². The van der Waals surface area contributed by atoms with Gasteiger partial charge in [0.1, 0.15) is 0 Å². The largest absolute Gasteiger partial charge is 0.418 e. The number of ether oxygens (including phenoxy) is 1. The predicted molar refractivity (Wildman–Crippen MR) is 116 cm³/mol. The molecule has 0 saturated heterocycles. The number of nitrogens with zero attached hydrogens (tertiary/aromatic N) is 2. The molecule has 0 atom stereocenters. The highest BCUT2D eigenvalue weighted by Gasteiger charge is 2.41. The number of benzene rings is 1. The zero-order chi connectivity index (χ0) is 25.0. The number of carbonyl (C=O) groups is 1. The van der Waals surface area contributed by atoms with Gasteiger partial charge in [0.2, 0.25) is 0 Å². The summed E-state index contributed by atoms with van der Waals surface area (Å²) in [5.74, 6) is -2.86. The quantitative estimate of drug-likeness (QED) is 0.482. The number of aromatic nitrogens is 2. The van der Waals surface area contributed by atoms with E-state index < -0.39 is 34.7 Å². The number of hydrogen-bond donors (Lipinski definition) is 1. The van der Waals surface area contributed by atoms with Crippen molar-refractivity contribution in [2.75, 3.05) is 13.2 Å². The molecular formula is C24H24F5N3O2. The summed E-state index contributed by atoms with van der Waals surface area (Å²) in [6.45, 7) is 7.12. The van der Waals surface area contributed by atoms with Crippen LogP contribution in [0.2, 0.25) is 0 Å². The summed E-state index contributed by atoms with van der Waals surface area (Å²) in [5.41, 5.74) is -0.560. The lowest BCUT2D eigenvalue weighted by Crippen LogP contribution is -2.37. The van der Waals surface area contributed by atoms with Crippen LogP contribution >= 0.6 is 0 Å². The highest BCUT2D eigenvalue weighted by atomic mass is 19.4. The van der Waals surface area contributed by atoms with E-state index >= 15 is 0 Å². The highest BCUT2D eigenvalue weighted by molar-refractivity contribution is 5.96. The van der Waals surface area contributed by atoms with Gasteiger partial charge in [0.05, 0.1) is 29.5 Å². The van der Waals surface area contributed by atoms with Crippen molar-refractivity contribution >= 4 is 17.0 Å². The van der Waals surface area contributed by atoms with Crippen molar-refractivity contribution in [2.24, 2.45) is 0 Å². The topological polar surface area (TPSA) is 49.7 Å². The van der Waals surface area contributed by atoms with Crippen LogP contribution in [0.5, 0.6) is 0 Å². The standard InChI is InChI=1S/C24H24F5N3O2/c1-13(2)34-11-15-10-31(22(33)14-5-6-17(25)18(26)9-14)12-23(3,4)19-20(15)30-32-8-7-16(21(19)32)24(27,28)29/h5-10,13,30H,11-12H2,1-4H3. The first-order chi connectivity index (χ1) is 15.8. The molecule has 0 radical (unpaired) electrons. The van der Waals surface area contributed by atoms with E-state index in [0.29, 0.717) is 16.8 Å². The van der Waals surface area contributed by atoms with E-state index in [0.717, 1.165) is 18.2 Å². The molecule has 5 nitrogen and oxygen atoms in total. The molecule has 1 aliphatic rings. The van der Waals surface area contributed by atoms with E-state index in [1.165, 1.54) is 27.9 Å². The van der Waals surface area contributed by atoms with E-state index in [2.05, 4.69) is 5.10 Å². The van der Waals surface area contributed by atoms with Gasteiger partial charge in [0, 0.05) is 41.1 Å². The molecule has 0 aliphatic carbocycles. The van der Waals surface area contributed by atoms with Gasteiger partial charge < -0.3 is 9.64 Å². The van der Waals surface area contributed by atoms with Crippen molar-refractivity contribution in [2.45, 2.75) is 45.4 Å². The Bertz CT molecular complexity index is 1280. The normalized spacial score (nSPS) is 16.1. The van der Waals surface area contributed by atoms with Crippen LogP contribution in [0.1, 0.15) is 54.9 Å². The molecule has 10 heteroatoms. The highest BCUT2D eigenvalue weighted by Crippen LogP contribution is 2.43. The maximum absolute atomic E-state index is 13.8. The molecule has 0 bridgehead atoms. The minimum absolute atomic E-state index is 0.000994. The molecule has 1 N–H and O–H groups in total. The Labute approximate surface area is 192 Å². The van der Waals surface area contributed by atoms with E-state index in [4.69, 9.17) is 4.74 Å². The zero-order valence-corrected chi connectivity index (χ0v) is 19.1. The minimum atomic E-state index is -4.58. The Morgan fingerprint density at radius 3 is 2.50 bits per heavy atom. The zero-order valence-electron chi connectivity index (χ0n) is 19.1. The molecule has 1 amide bonds. The molecule has 0 fully saturated rings. The minimum Gasteiger partial charge on any atom is -0.374 e. The Balaban J connectivity index is 1.88. The molecule has 1 aromatic carbocycles. The van der Waals surface area contributed by atoms with E-state index in [-0.39, 0.29) is 30.3 Å². The van der Waals surface area contributed by atoms with E-state index in [9.17, 15) is 26.7 Å². The van der Waals surface area contributed by atoms with E-state index in [1.807, 2.05) is 13.8 Å². The summed E-state index contributed by atoms with van der Waals surface area (Å²) in [6, 6.07) is 3.84. The fourth-order valence-electron chi connectivity index (χ4n) is 4.29. The summed E-state index contributed by atoms with van der Waals surface area (Å²) < 4.78 is 75.6. The molecule has 2 aromatic heterocycles. The Morgan fingerprint density at radius 1 is 1.18 bits per heavy atom. The summed E-state index contributed by atoms with van der Waals surface area (Å²) >= 11 is 0. The first-order valence-electron chi connectivity index (χ1n) is 10.7. The van der Waals surface area contributed by atoms with Gasteiger partial charge in [0.15, 0.2) is 11.6 Å². The van der Waals surface area contributed by atoms with Gasteiger partial charge in [-0.15, -0.1) is 0 Å². The fraction of sp³-hybridized carbons (Fsp3) is 0.375. The summed E-state index contributed by atoms with van der Waals surface area (Å²) in [5, 5.41) is 3.01. The third-order valence-electron chi connectivity index (χ3n) is 5.79. The second-order valence-corrected chi connectivity index (χ2v) is 9.27. The van der Waals surface area contributed by atoms with Gasteiger partial charge in [-0.3, -0.25) is 14.4 Å². The second-order valence-electron chi connectivity index (χ2n) is 9.27. The third-order valence-corrected chi connectivity index (χ3v) is 5.79. The van der Waals surface area contributed by atoms with Crippen LogP contribution in [0.25, 0.3) is 11.1 Å². The molecular weight excluding hydrogens is 457 g/mol. The molecule has 0 unspecified atom stereocenters. The Morgan fingerprint density at radius 2 is 1.88 bits per heavy atom. The smallest absolute Gasteiger partial charge is 0.374 e. The number of alkyl halides is 3. The number of amides is 1. The van der Waals surface area contributed by atoms with Crippen LogP contribution < -0.4 is 0 Å². The molecule has 1 aliphatic heterocycles. The molecule has 182 valence electrons. The van der Waals surface area contributed by atoms with Gasteiger partial charge in [-0.05, 0) is 38.1 Å². The number of fused-ring (bicyclic) bond motifs is 3. The van der Waals surface area contributed by atoms with Gasteiger partial charge in [-0.25, -0.2) is 8.78 Å². The molecule has 3 heterocycles. The first-order valence-corrected chi connectivity index (χ1v) is 10.7. The van der Waals surface area contributed by atoms with Crippen molar-refractivity contribution in [1.82, 2.24) is 14.5 Å². The van der Waals surface area contributed by atoms with Crippen molar-refractivity contribution in [3.8, 4) is 0 Å². The van der Waals surface area contributed by atoms with Crippen molar-refractivity contribution < 1.29 is 31.5 Å². The molecule has 0 spiro atoms. The number of nitrogens with one attached hydrogen (secondary N) is 1. The van der Waals surface area contributed by atoms with Crippen molar-refractivity contribution in [3.05, 3.63) is 70.7 Å².